The summed E-state index contributed by atoms with van der Waals surface area (Å²) in [5, 5.41) is 35.0. The topological polar surface area (TPSA) is 172 Å². The van der Waals surface area contributed by atoms with Crippen LogP contribution < -0.4 is 10.1 Å². The molecule has 55 heavy (non-hydrogen) atoms. The molecule has 6 rings (SSSR count). The van der Waals surface area contributed by atoms with Crippen molar-refractivity contribution in [3.05, 3.63) is 129 Å². The van der Waals surface area contributed by atoms with Crippen LogP contribution in [0.1, 0.15) is 53.4 Å². The molecule has 2 aliphatic heterocycles. The van der Waals surface area contributed by atoms with E-state index < -0.39 is 47.4 Å². The molecule has 0 bridgehead atoms. The number of amides is 2. The molecular formula is C41H39ClN2O10S. The predicted molar refractivity (Wildman–Crippen MR) is 205 cm³/mol. The van der Waals surface area contributed by atoms with Crippen molar-refractivity contribution >= 4 is 47.1 Å². The van der Waals surface area contributed by atoms with Crippen LogP contribution in [0.25, 0.3) is 0 Å². The van der Waals surface area contributed by atoms with Gasteiger partial charge in [-0.3, -0.25) is 14.5 Å². The van der Waals surface area contributed by atoms with E-state index in [1.807, 2.05) is 6.07 Å². The third kappa shape index (κ3) is 9.01. The van der Waals surface area contributed by atoms with Crippen LogP contribution in [0.5, 0.6) is 23.0 Å². The molecule has 2 atom stereocenters. The fraction of sp³-hybridized carbons (Fsp3) is 0.268. The number of phenolic OH excluding ortho intramolecular Hbond substituents is 3. The maximum absolute atomic E-state index is 13.5. The highest BCUT2D eigenvalue weighted by atomic mass is 35.5. The summed E-state index contributed by atoms with van der Waals surface area (Å²) in [7, 11) is 0. The molecule has 14 heteroatoms. The van der Waals surface area contributed by atoms with E-state index in [4.69, 9.17) is 25.8 Å². The van der Waals surface area contributed by atoms with E-state index in [1.165, 1.54) is 22.7 Å². The van der Waals surface area contributed by atoms with Crippen molar-refractivity contribution in [2.24, 2.45) is 0 Å². The lowest BCUT2D eigenvalue weighted by Gasteiger charge is -2.49. The van der Waals surface area contributed by atoms with Crippen molar-refractivity contribution in [2.75, 3.05) is 19.0 Å². The molecule has 2 heterocycles. The largest absolute Gasteiger partial charge is 0.508 e. The number of β-lactam (4-membered cyclic amide) rings is 1. The Labute approximate surface area is 326 Å². The number of phenols is 3. The van der Waals surface area contributed by atoms with Gasteiger partial charge < -0.3 is 34.8 Å². The van der Waals surface area contributed by atoms with Gasteiger partial charge in [-0.15, -0.1) is 11.8 Å². The first-order valence-electron chi connectivity index (χ1n) is 17.3. The van der Waals surface area contributed by atoms with Gasteiger partial charge in [-0.1, -0.05) is 60.1 Å². The molecule has 0 aromatic heterocycles. The van der Waals surface area contributed by atoms with Crippen molar-refractivity contribution < 1.29 is 48.7 Å². The first-order valence-corrected chi connectivity index (χ1v) is 18.7. The van der Waals surface area contributed by atoms with Crippen molar-refractivity contribution in [2.45, 2.75) is 50.6 Å². The smallest absolute Gasteiger partial charge is 0.355 e. The lowest BCUT2D eigenvalue weighted by atomic mass is 9.96. The van der Waals surface area contributed by atoms with Crippen molar-refractivity contribution in [1.29, 1.82) is 0 Å². The third-order valence-electron chi connectivity index (χ3n) is 8.77. The minimum atomic E-state index is -0.918. The van der Waals surface area contributed by atoms with Gasteiger partial charge in [-0.05, 0) is 68.3 Å². The van der Waals surface area contributed by atoms with Gasteiger partial charge in [0.15, 0.2) is 6.61 Å². The number of hydrogen-bond donors (Lipinski definition) is 4. The van der Waals surface area contributed by atoms with E-state index in [0.29, 0.717) is 38.6 Å². The number of para-hydroxylation sites is 3. The van der Waals surface area contributed by atoms with E-state index in [2.05, 4.69) is 5.32 Å². The molecule has 0 spiro atoms. The molecule has 2 unspecified atom stereocenters. The predicted octanol–water partition coefficient (Wildman–Crippen LogP) is 5.87. The fourth-order valence-electron chi connectivity index (χ4n) is 6.18. The fourth-order valence-corrected chi connectivity index (χ4v) is 7.77. The highest BCUT2D eigenvalue weighted by molar-refractivity contribution is 8.00. The van der Waals surface area contributed by atoms with Gasteiger partial charge in [0, 0.05) is 40.3 Å². The van der Waals surface area contributed by atoms with Gasteiger partial charge in [0.2, 0.25) is 0 Å². The zero-order chi connectivity index (χ0) is 39.4. The molecule has 4 aromatic rings. The van der Waals surface area contributed by atoms with Crippen LogP contribution in [0.4, 0.5) is 0 Å². The van der Waals surface area contributed by atoms with E-state index in [9.17, 15) is 34.5 Å². The molecule has 1 saturated heterocycles. The summed E-state index contributed by atoms with van der Waals surface area (Å²) in [6.07, 6.45) is 0.207. The second-order valence-corrected chi connectivity index (χ2v) is 15.5. The van der Waals surface area contributed by atoms with Crippen LogP contribution in [0.2, 0.25) is 5.02 Å². The number of thioether (sulfide) groups is 1. The molecule has 2 aliphatic rings. The highest BCUT2D eigenvalue weighted by Crippen LogP contribution is 2.41. The Bertz CT molecular complexity index is 2170. The second kappa shape index (κ2) is 16.4. The molecule has 12 nitrogen and oxygen atoms in total. The number of rotatable bonds is 12. The van der Waals surface area contributed by atoms with E-state index in [1.54, 1.807) is 93.6 Å². The second-order valence-electron chi connectivity index (χ2n) is 14.0. The van der Waals surface area contributed by atoms with Crippen LogP contribution in [0.3, 0.4) is 0 Å². The molecular weight excluding hydrogens is 748 g/mol. The van der Waals surface area contributed by atoms with E-state index in [-0.39, 0.29) is 53.7 Å². The maximum atomic E-state index is 13.5. The van der Waals surface area contributed by atoms with E-state index >= 15 is 0 Å². The number of carbonyl (C=O) groups is 4. The summed E-state index contributed by atoms with van der Waals surface area (Å²) in [6.45, 7) is 4.34. The Hall–Kier alpha value is -5.66. The monoisotopic (exact) mass is 786 g/mol. The van der Waals surface area contributed by atoms with Crippen LogP contribution in [-0.2, 0) is 36.7 Å². The van der Waals surface area contributed by atoms with Crippen molar-refractivity contribution in [1.82, 2.24) is 10.2 Å². The van der Waals surface area contributed by atoms with Crippen LogP contribution in [0.15, 0.2) is 96.2 Å². The summed E-state index contributed by atoms with van der Waals surface area (Å²) in [4.78, 5) is 54.3. The number of hydrogen-bond acceptors (Lipinski definition) is 11. The summed E-state index contributed by atoms with van der Waals surface area (Å²) in [5.41, 5.74) is 0.918. The van der Waals surface area contributed by atoms with Gasteiger partial charge in [0.1, 0.15) is 57.9 Å². The summed E-state index contributed by atoms with van der Waals surface area (Å²) < 4.78 is 16.7. The first kappa shape index (κ1) is 39.0. The number of esters is 2. The summed E-state index contributed by atoms with van der Waals surface area (Å²) in [5.74, 6) is -2.43. The third-order valence-corrected chi connectivity index (χ3v) is 10.3. The van der Waals surface area contributed by atoms with E-state index in [0.717, 1.165) is 0 Å². The number of halogens is 1. The molecule has 0 aliphatic carbocycles. The minimum absolute atomic E-state index is 0.00620. The standard InChI is InChI=1S/C41H39ClN2O10S/c1-41(2,3)54-40(51)34-27(22-55-38-33(37(49)44(34)38)43-32(46)21-52-29-12-5-4-6-13-29)20-53-39(50)30-14-9-11-24(36(30)48)17-26-19-28(42)18-25(35(26)47)16-23-10-7-8-15-31(23)45/h4-15,18-19,33,38,45,47-48H,16-17,20-22H2,1-3H3,(H,43,46). The van der Waals surface area contributed by atoms with Crippen LogP contribution in [-0.4, -0.2) is 80.0 Å². The number of benzene rings is 4. The van der Waals surface area contributed by atoms with Crippen LogP contribution in [0, 0.1) is 0 Å². The molecule has 286 valence electrons. The number of carbonyl (C=O) groups excluding carboxylic acids is 4. The first-order chi connectivity index (χ1) is 26.2. The van der Waals surface area contributed by atoms with Gasteiger partial charge in [0.05, 0.1) is 0 Å². The van der Waals surface area contributed by atoms with Crippen LogP contribution >= 0.6 is 23.4 Å². The lowest BCUT2D eigenvalue weighted by Crippen LogP contribution is -2.71. The molecule has 0 radical (unpaired) electrons. The lowest BCUT2D eigenvalue weighted by molar-refractivity contribution is -0.159. The molecule has 4 aromatic carbocycles. The Kier molecular flexibility index (Phi) is 11.6. The number of ether oxygens (including phenoxy) is 3. The van der Waals surface area contributed by atoms with Crippen molar-refractivity contribution in [3.8, 4) is 23.0 Å². The molecule has 4 N–H and O–H groups in total. The van der Waals surface area contributed by atoms with Gasteiger partial charge in [-0.25, -0.2) is 9.59 Å². The molecule has 2 amide bonds. The number of nitrogens with one attached hydrogen (secondary N) is 1. The molecule has 0 saturated carbocycles. The zero-order valence-corrected chi connectivity index (χ0v) is 31.8. The summed E-state index contributed by atoms with van der Waals surface area (Å²) >= 11 is 7.68. The Morgan fingerprint density at radius 2 is 1.51 bits per heavy atom. The maximum Gasteiger partial charge on any atom is 0.355 e. The van der Waals surface area contributed by atoms with Gasteiger partial charge >= 0.3 is 11.9 Å². The SMILES string of the molecule is CC(C)(C)OC(=O)C1=C(COC(=O)c2cccc(Cc3cc(Cl)cc(Cc4ccccc4O)c3O)c2O)CSC2C(NC(=O)COc3ccccc3)C(=O)N12. The average molecular weight is 787 g/mol. The molecule has 1 fully saturated rings. The minimum Gasteiger partial charge on any atom is -0.508 e. The normalized spacial score (nSPS) is 16.5. The zero-order valence-electron chi connectivity index (χ0n) is 30.2. The average Bonchev–Trinajstić information content (AvgIpc) is 3.14. The Balaban J connectivity index is 1.16. The van der Waals surface area contributed by atoms with Gasteiger partial charge in [0.25, 0.3) is 11.8 Å². The van der Waals surface area contributed by atoms with Crippen molar-refractivity contribution in [3.63, 3.8) is 0 Å². The number of nitrogens with zero attached hydrogens (tertiary/aromatic N) is 1. The Morgan fingerprint density at radius 3 is 2.20 bits per heavy atom. The number of aromatic hydroxyl groups is 3. The summed E-state index contributed by atoms with van der Waals surface area (Å²) in [6, 6.07) is 22.3. The number of fused-ring (bicyclic) bond motifs is 1. The quantitative estimate of drug-likeness (QED) is 0.100. The van der Waals surface area contributed by atoms with Gasteiger partial charge in [-0.2, -0.15) is 0 Å². The Morgan fingerprint density at radius 1 is 0.855 bits per heavy atom. The highest BCUT2D eigenvalue weighted by Gasteiger charge is 2.54.